The second-order valence-electron chi connectivity index (χ2n) is 4.69. The van der Waals surface area contributed by atoms with Gasteiger partial charge in [-0.3, -0.25) is 0 Å². The van der Waals surface area contributed by atoms with Crippen LogP contribution in [0.1, 0.15) is 41.0 Å². The molecule has 1 heterocycles. The average molecular weight is 321 g/mol. The molecule has 0 spiro atoms. The summed E-state index contributed by atoms with van der Waals surface area (Å²) < 4.78 is 0. The zero-order valence-corrected chi connectivity index (χ0v) is 13.8. The molecule has 0 bridgehead atoms. The quantitative estimate of drug-likeness (QED) is 0.695. The number of carbonyl (C=O) groups is 1. The number of benzene rings is 1. The minimum Gasteiger partial charge on any atom is -0.478 e. The first-order valence-corrected chi connectivity index (χ1v) is 8.98. The smallest absolute Gasteiger partial charge is 0.338 e. The van der Waals surface area contributed by atoms with Crippen LogP contribution in [0.2, 0.25) is 0 Å². The molecule has 0 amide bonds. The number of carboxylic acid groups (broad SMARTS) is 1. The summed E-state index contributed by atoms with van der Waals surface area (Å²) in [5.41, 5.74) is 1.06. The van der Waals surface area contributed by atoms with Crippen molar-refractivity contribution in [3.05, 3.63) is 46.2 Å². The molecule has 5 heteroatoms. The lowest BCUT2D eigenvalue weighted by molar-refractivity contribution is 0.0694. The molecule has 21 heavy (non-hydrogen) atoms. The van der Waals surface area contributed by atoms with Crippen LogP contribution in [0.5, 0.6) is 0 Å². The number of rotatable bonds is 7. The summed E-state index contributed by atoms with van der Waals surface area (Å²) in [6.07, 6.45) is 3.91. The molecule has 3 nitrogen and oxygen atoms in total. The number of anilines is 1. The second-order valence-corrected chi connectivity index (χ2v) is 6.52. The first-order chi connectivity index (χ1) is 10.2. The van der Waals surface area contributed by atoms with E-state index in [9.17, 15) is 9.90 Å². The van der Waals surface area contributed by atoms with E-state index in [1.165, 1.54) is 16.6 Å². The normalized spacial score (nSPS) is 12.1. The molecule has 0 aliphatic rings. The maximum Gasteiger partial charge on any atom is 0.338 e. The van der Waals surface area contributed by atoms with Crippen LogP contribution in [0.25, 0.3) is 0 Å². The van der Waals surface area contributed by atoms with Crippen LogP contribution >= 0.6 is 23.1 Å². The third kappa shape index (κ3) is 3.80. The largest absolute Gasteiger partial charge is 0.478 e. The van der Waals surface area contributed by atoms with Gasteiger partial charge in [-0.1, -0.05) is 25.5 Å². The lowest BCUT2D eigenvalue weighted by Gasteiger charge is -2.20. The van der Waals surface area contributed by atoms with Gasteiger partial charge in [0, 0.05) is 9.77 Å². The Morgan fingerprint density at radius 1 is 1.38 bits per heavy atom. The molecule has 1 atom stereocenters. The molecule has 1 unspecified atom stereocenters. The summed E-state index contributed by atoms with van der Waals surface area (Å²) >= 11 is 3.16. The molecule has 0 fully saturated rings. The SMILES string of the molecule is CCCC(Nc1cccc(SC)c1C(=O)O)c1cccs1. The first-order valence-electron chi connectivity index (χ1n) is 6.87. The standard InChI is InChI=1S/C16H19NO2S2/c1-3-6-11(13-9-5-10-21-13)17-12-7-4-8-14(20-2)15(12)16(18)19/h4-5,7-11,17H,3,6H2,1-2H3,(H,18,19). The highest BCUT2D eigenvalue weighted by molar-refractivity contribution is 7.98. The Kier molecular flexibility index (Phi) is 5.70. The zero-order valence-electron chi connectivity index (χ0n) is 12.1. The summed E-state index contributed by atoms with van der Waals surface area (Å²) in [4.78, 5) is 13.6. The third-order valence-electron chi connectivity index (χ3n) is 3.25. The Morgan fingerprint density at radius 2 is 2.19 bits per heavy atom. The topological polar surface area (TPSA) is 49.3 Å². The number of thiophene rings is 1. The van der Waals surface area contributed by atoms with Gasteiger partial charge >= 0.3 is 5.97 Å². The number of aromatic carboxylic acids is 1. The van der Waals surface area contributed by atoms with Gasteiger partial charge < -0.3 is 10.4 Å². The van der Waals surface area contributed by atoms with E-state index in [1.54, 1.807) is 11.3 Å². The van der Waals surface area contributed by atoms with E-state index in [1.807, 2.05) is 30.5 Å². The monoisotopic (exact) mass is 321 g/mol. The maximum absolute atomic E-state index is 11.6. The fraction of sp³-hybridized carbons (Fsp3) is 0.312. The van der Waals surface area contributed by atoms with Crippen LogP contribution in [0.4, 0.5) is 5.69 Å². The van der Waals surface area contributed by atoms with Gasteiger partial charge in [-0.05, 0) is 36.3 Å². The van der Waals surface area contributed by atoms with E-state index in [4.69, 9.17) is 0 Å². The van der Waals surface area contributed by atoms with Crippen molar-refractivity contribution in [3.63, 3.8) is 0 Å². The van der Waals surface area contributed by atoms with Crippen LogP contribution in [-0.4, -0.2) is 17.3 Å². The highest BCUT2D eigenvalue weighted by atomic mass is 32.2. The zero-order chi connectivity index (χ0) is 15.2. The predicted molar refractivity (Wildman–Crippen MR) is 90.8 cm³/mol. The number of thioether (sulfide) groups is 1. The summed E-state index contributed by atoms with van der Waals surface area (Å²) in [7, 11) is 0. The van der Waals surface area contributed by atoms with E-state index >= 15 is 0 Å². The van der Waals surface area contributed by atoms with E-state index in [2.05, 4.69) is 23.7 Å². The molecule has 1 aromatic carbocycles. The molecule has 0 saturated carbocycles. The minimum absolute atomic E-state index is 0.158. The second kappa shape index (κ2) is 7.52. The summed E-state index contributed by atoms with van der Waals surface area (Å²) in [5, 5.41) is 15.0. The summed E-state index contributed by atoms with van der Waals surface area (Å²) in [6.45, 7) is 2.14. The maximum atomic E-state index is 11.6. The van der Waals surface area contributed by atoms with Gasteiger partial charge in [0.05, 0.1) is 17.3 Å². The fourth-order valence-electron chi connectivity index (χ4n) is 2.29. The highest BCUT2D eigenvalue weighted by Crippen LogP contribution is 2.32. The van der Waals surface area contributed by atoms with Crippen molar-refractivity contribution in [2.75, 3.05) is 11.6 Å². The number of nitrogens with one attached hydrogen (secondary N) is 1. The van der Waals surface area contributed by atoms with Gasteiger partial charge in [0.25, 0.3) is 0 Å². The minimum atomic E-state index is -0.885. The Bertz CT molecular complexity index is 596. The van der Waals surface area contributed by atoms with Crippen molar-refractivity contribution in [2.45, 2.75) is 30.7 Å². The number of hydrogen-bond acceptors (Lipinski definition) is 4. The van der Waals surface area contributed by atoms with Crippen LogP contribution in [0.15, 0.2) is 40.6 Å². The third-order valence-corrected chi connectivity index (χ3v) is 5.02. The van der Waals surface area contributed by atoms with Gasteiger partial charge in [0.2, 0.25) is 0 Å². The lowest BCUT2D eigenvalue weighted by Crippen LogP contribution is -2.13. The molecule has 2 aromatic rings. The molecule has 0 saturated heterocycles. The molecule has 0 radical (unpaired) electrons. The number of hydrogen-bond donors (Lipinski definition) is 2. The summed E-state index contributed by atoms with van der Waals surface area (Å²) in [5.74, 6) is -0.885. The molecule has 1 aromatic heterocycles. The van der Waals surface area contributed by atoms with Gasteiger partial charge in [-0.15, -0.1) is 23.1 Å². The van der Waals surface area contributed by atoms with E-state index < -0.39 is 5.97 Å². The predicted octanol–water partition coefficient (Wildman–Crippen LogP) is 5.12. The van der Waals surface area contributed by atoms with Crippen molar-refractivity contribution >= 4 is 34.8 Å². The molecule has 112 valence electrons. The molecular weight excluding hydrogens is 302 g/mol. The molecule has 0 aliphatic heterocycles. The Morgan fingerprint density at radius 3 is 2.76 bits per heavy atom. The van der Waals surface area contributed by atoms with Gasteiger partial charge in [-0.2, -0.15) is 0 Å². The van der Waals surface area contributed by atoms with Crippen molar-refractivity contribution in [2.24, 2.45) is 0 Å². The van der Waals surface area contributed by atoms with Gasteiger partial charge in [0.1, 0.15) is 0 Å². The lowest BCUT2D eigenvalue weighted by atomic mass is 10.1. The molecule has 2 rings (SSSR count). The van der Waals surface area contributed by atoms with E-state index in [0.29, 0.717) is 11.3 Å². The van der Waals surface area contributed by atoms with Crippen molar-refractivity contribution < 1.29 is 9.90 Å². The van der Waals surface area contributed by atoms with Crippen LogP contribution in [0.3, 0.4) is 0 Å². The highest BCUT2D eigenvalue weighted by Gasteiger charge is 2.18. The fourth-order valence-corrected chi connectivity index (χ4v) is 3.72. The van der Waals surface area contributed by atoms with E-state index in [-0.39, 0.29) is 6.04 Å². The molecule has 2 N–H and O–H groups in total. The van der Waals surface area contributed by atoms with Crippen molar-refractivity contribution in [1.82, 2.24) is 0 Å². The van der Waals surface area contributed by atoms with Crippen LogP contribution < -0.4 is 5.32 Å². The van der Waals surface area contributed by atoms with Crippen LogP contribution in [-0.2, 0) is 0 Å². The Labute approximate surface area is 133 Å². The van der Waals surface area contributed by atoms with Crippen molar-refractivity contribution in [3.8, 4) is 0 Å². The Hall–Kier alpha value is -1.46. The van der Waals surface area contributed by atoms with Gasteiger partial charge in [0.15, 0.2) is 0 Å². The Balaban J connectivity index is 2.34. The number of carboxylic acids is 1. The van der Waals surface area contributed by atoms with Crippen LogP contribution in [0, 0.1) is 0 Å². The van der Waals surface area contributed by atoms with E-state index in [0.717, 1.165) is 17.7 Å². The van der Waals surface area contributed by atoms with Gasteiger partial charge in [-0.25, -0.2) is 4.79 Å². The summed E-state index contributed by atoms with van der Waals surface area (Å²) in [6, 6.07) is 9.87. The average Bonchev–Trinajstić information content (AvgIpc) is 3.00. The van der Waals surface area contributed by atoms with Crippen molar-refractivity contribution in [1.29, 1.82) is 0 Å². The molecular formula is C16H19NO2S2. The molecule has 0 aliphatic carbocycles. The first kappa shape index (κ1) is 15.9.